The smallest absolute Gasteiger partial charge is 0.266 e. The topological polar surface area (TPSA) is 87.1 Å². The van der Waals surface area contributed by atoms with Gasteiger partial charge in [0.2, 0.25) is 5.82 Å². The lowest BCUT2D eigenvalue weighted by molar-refractivity contribution is -0.129. The standard InChI is InChI=1S/C21H18N6OS/c1-13-19(12-29)21(28)27(14(2)22-13)11-15-8-9-17(16-6-4-3-5-7-16)18(10-15)20-23-25-26-24-20/h3-10,14H,11H2,1-2H3,(H,23,24,25,26). The molecule has 0 bridgehead atoms. The molecular formula is C21H18N6OS. The Morgan fingerprint density at radius 3 is 2.66 bits per heavy atom. The van der Waals surface area contributed by atoms with Gasteiger partial charge in [-0.15, -0.1) is 10.2 Å². The highest BCUT2D eigenvalue weighted by molar-refractivity contribution is 7.78. The number of rotatable bonds is 4. The largest absolute Gasteiger partial charge is 0.312 e. The molecule has 0 spiro atoms. The molecule has 2 heterocycles. The second kappa shape index (κ2) is 7.87. The molecule has 1 amide bonds. The third-order valence-corrected chi connectivity index (χ3v) is 5.08. The van der Waals surface area contributed by atoms with Gasteiger partial charge in [-0.05, 0) is 59.1 Å². The van der Waals surface area contributed by atoms with Crippen LogP contribution in [0, 0.1) is 0 Å². The summed E-state index contributed by atoms with van der Waals surface area (Å²) in [5.74, 6) is 0.338. The highest BCUT2D eigenvalue weighted by atomic mass is 32.1. The fourth-order valence-corrected chi connectivity index (χ4v) is 3.66. The molecule has 1 aromatic heterocycles. The summed E-state index contributed by atoms with van der Waals surface area (Å²) in [5, 5.41) is 17.0. The molecule has 2 aromatic carbocycles. The summed E-state index contributed by atoms with van der Waals surface area (Å²) in [6.07, 6.45) is -0.281. The maximum absolute atomic E-state index is 12.8. The Morgan fingerprint density at radius 1 is 1.17 bits per heavy atom. The number of thiocarbonyl (C=S) groups is 1. The van der Waals surface area contributed by atoms with Gasteiger partial charge in [0.1, 0.15) is 11.7 Å². The molecule has 4 rings (SSSR count). The molecule has 144 valence electrons. The van der Waals surface area contributed by atoms with Crippen molar-refractivity contribution in [2.75, 3.05) is 0 Å². The third kappa shape index (κ3) is 3.63. The second-order valence-corrected chi connectivity index (χ2v) is 6.94. The van der Waals surface area contributed by atoms with Crippen molar-refractivity contribution in [1.82, 2.24) is 25.5 Å². The Labute approximate surface area is 173 Å². The number of nitrogens with zero attached hydrogens (tertiary/aromatic N) is 5. The van der Waals surface area contributed by atoms with Crippen molar-refractivity contribution in [2.45, 2.75) is 26.6 Å². The number of aromatic amines is 1. The Balaban J connectivity index is 1.74. The first-order valence-corrected chi connectivity index (χ1v) is 9.52. The normalized spacial score (nSPS) is 16.6. The minimum Gasteiger partial charge on any atom is -0.312 e. The number of nitrogens with one attached hydrogen (secondary N) is 1. The van der Waals surface area contributed by atoms with E-state index in [4.69, 9.17) is 12.2 Å². The highest BCUT2D eigenvalue weighted by Gasteiger charge is 2.29. The molecule has 0 radical (unpaired) electrons. The van der Waals surface area contributed by atoms with Gasteiger partial charge in [-0.2, -0.15) is 5.21 Å². The van der Waals surface area contributed by atoms with Crippen molar-refractivity contribution in [3.05, 3.63) is 59.7 Å². The molecule has 1 unspecified atom stereocenters. The van der Waals surface area contributed by atoms with Crippen LogP contribution in [0.3, 0.4) is 0 Å². The van der Waals surface area contributed by atoms with Crippen LogP contribution in [-0.2, 0) is 11.3 Å². The fraction of sp³-hybridized carbons (Fsp3) is 0.190. The van der Waals surface area contributed by atoms with Crippen LogP contribution in [0.15, 0.2) is 59.1 Å². The zero-order chi connectivity index (χ0) is 20.4. The number of carbonyl (C=O) groups excluding carboxylic acids is 1. The predicted molar refractivity (Wildman–Crippen MR) is 114 cm³/mol. The number of tetrazole rings is 1. The highest BCUT2D eigenvalue weighted by Crippen LogP contribution is 2.31. The third-order valence-electron chi connectivity index (χ3n) is 4.88. The summed E-state index contributed by atoms with van der Waals surface area (Å²) in [6.45, 7) is 4.06. The molecular weight excluding hydrogens is 384 g/mol. The van der Waals surface area contributed by atoms with Gasteiger partial charge in [0.15, 0.2) is 0 Å². The molecule has 8 heteroatoms. The maximum atomic E-state index is 12.8. The second-order valence-electron chi connectivity index (χ2n) is 6.74. The SMILES string of the molecule is CC1=NC(C)N(Cc2ccc(-c3ccccc3)c(-c3nn[nH]n3)c2)C(=O)C1=C=S. The number of aliphatic imine (C=N–C) groups is 1. The molecule has 1 N–H and O–H groups in total. The minimum absolute atomic E-state index is 0.159. The van der Waals surface area contributed by atoms with E-state index in [1.165, 1.54) is 0 Å². The van der Waals surface area contributed by atoms with E-state index in [1.807, 2.05) is 55.5 Å². The van der Waals surface area contributed by atoms with Crippen LogP contribution in [0.1, 0.15) is 19.4 Å². The Hall–Kier alpha value is -3.48. The van der Waals surface area contributed by atoms with Crippen molar-refractivity contribution in [3.63, 3.8) is 0 Å². The van der Waals surface area contributed by atoms with Crippen molar-refractivity contribution < 1.29 is 4.79 Å². The lowest BCUT2D eigenvalue weighted by Gasteiger charge is -2.31. The van der Waals surface area contributed by atoms with Gasteiger partial charge in [0.25, 0.3) is 5.91 Å². The molecule has 3 aromatic rings. The zero-order valence-corrected chi connectivity index (χ0v) is 16.8. The summed E-state index contributed by atoms with van der Waals surface area (Å²) in [6, 6.07) is 16.0. The number of carbonyl (C=O) groups is 1. The van der Waals surface area contributed by atoms with E-state index in [0.29, 0.717) is 23.7 Å². The Kier molecular flexibility index (Phi) is 5.12. The Morgan fingerprint density at radius 2 is 1.97 bits per heavy atom. The average Bonchev–Trinajstić information content (AvgIpc) is 3.27. The molecule has 1 aliphatic rings. The van der Waals surface area contributed by atoms with Crippen molar-refractivity contribution in [3.8, 4) is 22.5 Å². The van der Waals surface area contributed by atoms with Gasteiger partial charge in [-0.3, -0.25) is 9.79 Å². The number of hydrogen-bond acceptors (Lipinski definition) is 6. The monoisotopic (exact) mass is 402 g/mol. The van der Waals surface area contributed by atoms with Gasteiger partial charge in [0.05, 0.1) is 5.71 Å². The minimum atomic E-state index is -0.281. The number of aromatic nitrogens is 4. The fourth-order valence-electron chi connectivity index (χ4n) is 3.42. The summed E-state index contributed by atoms with van der Waals surface area (Å²) in [5.41, 5.74) is 4.78. The summed E-state index contributed by atoms with van der Waals surface area (Å²) < 4.78 is 0. The molecule has 0 saturated carbocycles. The van der Waals surface area contributed by atoms with Crippen LogP contribution < -0.4 is 0 Å². The first kappa shape index (κ1) is 18.9. The van der Waals surface area contributed by atoms with E-state index in [-0.39, 0.29) is 12.1 Å². The lowest BCUT2D eigenvalue weighted by atomic mass is 9.96. The van der Waals surface area contributed by atoms with Gasteiger partial charge >= 0.3 is 0 Å². The van der Waals surface area contributed by atoms with Crippen LogP contribution in [0.5, 0.6) is 0 Å². The van der Waals surface area contributed by atoms with Gasteiger partial charge < -0.3 is 4.90 Å². The number of H-pyrrole nitrogens is 1. The van der Waals surface area contributed by atoms with Gasteiger partial charge in [-0.1, -0.05) is 42.5 Å². The van der Waals surface area contributed by atoms with E-state index in [9.17, 15) is 4.79 Å². The van der Waals surface area contributed by atoms with E-state index in [1.54, 1.807) is 11.8 Å². The van der Waals surface area contributed by atoms with E-state index in [0.717, 1.165) is 22.3 Å². The van der Waals surface area contributed by atoms with Crippen molar-refractivity contribution >= 4 is 28.9 Å². The zero-order valence-electron chi connectivity index (χ0n) is 16.0. The van der Waals surface area contributed by atoms with Crippen molar-refractivity contribution in [1.29, 1.82) is 0 Å². The Bertz CT molecular complexity index is 1130. The first-order valence-electron chi connectivity index (χ1n) is 9.11. The summed E-state index contributed by atoms with van der Waals surface area (Å²) in [4.78, 5) is 19.0. The number of benzene rings is 2. The van der Waals surface area contributed by atoms with Gasteiger partial charge in [-0.25, -0.2) is 0 Å². The molecule has 0 fully saturated rings. The van der Waals surface area contributed by atoms with Crippen LogP contribution in [0.25, 0.3) is 22.5 Å². The predicted octanol–water partition coefficient (Wildman–Crippen LogP) is 3.21. The van der Waals surface area contributed by atoms with Crippen molar-refractivity contribution in [2.24, 2.45) is 4.99 Å². The summed E-state index contributed by atoms with van der Waals surface area (Å²) in [7, 11) is 0. The van der Waals surface area contributed by atoms with Gasteiger partial charge in [0, 0.05) is 12.1 Å². The quantitative estimate of drug-likeness (QED) is 0.535. The van der Waals surface area contributed by atoms with E-state index >= 15 is 0 Å². The summed E-state index contributed by atoms with van der Waals surface area (Å²) >= 11 is 4.89. The van der Waals surface area contributed by atoms with Crippen LogP contribution >= 0.6 is 12.2 Å². The van der Waals surface area contributed by atoms with Crippen LogP contribution in [0.2, 0.25) is 0 Å². The maximum Gasteiger partial charge on any atom is 0.266 e. The number of amides is 1. The van der Waals surface area contributed by atoms with E-state index < -0.39 is 0 Å². The molecule has 7 nitrogen and oxygen atoms in total. The molecule has 29 heavy (non-hydrogen) atoms. The lowest BCUT2D eigenvalue weighted by Crippen LogP contribution is -2.43. The molecule has 0 saturated heterocycles. The van der Waals surface area contributed by atoms with Crippen LogP contribution in [0.4, 0.5) is 0 Å². The molecule has 1 aliphatic heterocycles. The average molecular weight is 402 g/mol. The van der Waals surface area contributed by atoms with Crippen LogP contribution in [-0.4, -0.2) is 48.3 Å². The van der Waals surface area contributed by atoms with E-state index in [2.05, 4.69) is 30.6 Å². The number of hydrogen-bond donors (Lipinski definition) is 1. The first-order chi connectivity index (χ1) is 14.1. The molecule has 1 atom stereocenters. The molecule has 0 aliphatic carbocycles.